The third-order valence-electron chi connectivity index (χ3n) is 5.46. The average Bonchev–Trinajstić information content (AvgIpc) is 3.25. The zero-order valence-corrected chi connectivity index (χ0v) is 18.5. The number of aromatic nitrogens is 3. The number of nitrogens with zero attached hydrogens (tertiary/aromatic N) is 4. The van der Waals surface area contributed by atoms with E-state index in [1.165, 1.54) is 22.8 Å². The summed E-state index contributed by atoms with van der Waals surface area (Å²) in [6, 6.07) is 7.45. The van der Waals surface area contributed by atoms with E-state index in [0.29, 0.717) is 39.7 Å². The normalized spacial score (nSPS) is 17.7. The quantitative estimate of drug-likeness (QED) is 0.571. The molecule has 0 bridgehead atoms. The Morgan fingerprint density at radius 3 is 2.42 bits per heavy atom. The highest BCUT2D eigenvalue weighted by molar-refractivity contribution is 7.12. The number of β-amino-alcohol motifs (C(OH)–C–C–N with tert-alkyl or cyclic N) is 1. The summed E-state index contributed by atoms with van der Waals surface area (Å²) in [5, 5.41) is 10.6. The first-order valence-electron chi connectivity index (χ1n) is 10.1. The van der Waals surface area contributed by atoms with Crippen molar-refractivity contribution >= 4 is 22.9 Å². The van der Waals surface area contributed by atoms with Gasteiger partial charge in [-0.05, 0) is 49.2 Å². The van der Waals surface area contributed by atoms with E-state index in [9.17, 15) is 27.5 Å². The third-order valence-corrected chi connectivity index (χ3v) is 6.76. The number of anilines is 1. The van der Waals surface area contributed by atoms with Gasteiger partial charge >= 0.3 is 11.9 Å². The van der Waals surface area contributed by atoms with E-state index in [1.54, 1.807) is 37.0 Å². The maximum Gasteiger partial charge on any atom is 0.425 e. The topological polar surface area (TPSA) is 71.2 Å². The molecule has 0 radical (unpaired) electrons. The molecule has 1 aromatic carbocycles. The second kappa shape index (κ2) is 8.71. The Morgan fingerprint density at radius 2 is 1.85 bits per heavy atom. The molecule has 1 aliphatic heterocycles. The molecule has 0 saturated carbocycles. The molecule has 3 heterocycles. The Bertz CT molecular complexity index is 1250. The van der Waals surface area contributed by atoms with Crippen LogP contribution < -0.4 is 10.6 Å². The van der Waals surface area contributed by atoms with Gasteiger partial charge in [-0.15, -0.1) is 11.3 Å². The van der Waals surface area contributed by atoms with Crippen molar-refractivity contribution in [2.45, 2.75) is 32.2 Å². The number of alkyl halides is 3. The van der Waals surface area contributed by atoms with Crippen LogP contribution in [0.3, 0.4) is 0 Å². The van der Waals surface area contributed by atoms with Gasteiger partial charge in [0.05, 0.1) is 18.7 Å². The molecule has 4 rings (SSSR count). The molecule has 2 unspecified atom stereocenters. The molecule has 0 fully saturated rings. The summed E-state index contributed by atoms with van der Waals surface area (Å²) in [4.78, 5) is 22.4. The molecule has 0 amide bonds. The standard InChI is InChI=1S/C22H20F4N4O2S/c1-12(18-7-8-19(33-18)22(24,25)26)30-13(2)27-20(28-21(30)32)29-10-9-16(17(31)11-29)14-3-5-15(23)6-4-14/h3-9,12,17,31H,10-11H2,1-2H3. The maximum atomic E-state index is 13.2. The van der Waals surface area contributed by atoms with E-state index in [4.69, 9.17) is 0 Å². The van der Waals surface area contributed by atoms with Crippen molar-refractivity contribution in [1.82, 2.24) is 14.5 Å². The monoisotopic (exact) mass is 480 g/mol. The number of hydrogen-bond donors (Lipinski definition) is 1. The van der Waals surface area contributed by atoms with Crippen LogP contribution in [0, 0.1) is 12.7 Å². The molecular weight excluding hydrogens is 460 g/mol. The van der Waals surface area contributed by atoms with Gasteiger partial charge in [0, 0.05) is 11.4 Å². The number of hydrogen-bond acceptors (Lipinski definition) is 6. The summed E-state index contributed by atoms with van der Waals surface area (Å²) in [6.45, 7) is 3.65. The van der Waals surface area contributed by atoms with Crippen molar-refractivity contribution in [3.63, 3.8) is 0 Å². The first-order valence-corrected chi connectivity index (χ1v) is 10.9. The smallest absolute Gasteiger partial charge is 0.387 e. The number of aryl methyl sites for hydroxylation is 1. The van der Waals surface area contributed by atoms with E-state index in [-0.39, 0.29) is 18.3 Å². The van der Waals surface area contributed by atoms with Crippen molar-refractivity contribution < 1.29 is 22.7 Å². The molecule has 174 valence electrons. The number of rotatable bonds is 4. The predicted molar refractivity (Wildman–Crippen MR) is 117 cm³/mol. The van der Waals surface area contributed by atoms with Crippen LogP contribution in [-0.2, 0) is 6.18 Å². The van der Waals surface area contributed by atoms with Crippen molar-refractivity contribution in [2.75, 3.05) is 18.0 Å². The summed E-state index contributed by atoms with van der Waals surface area (Å²) in [6.07, 6.45) is -3.59. The van der Waals surface area contributed by atoms with E-state index < -0.39 is 28.9 Å². The fraction of sp³-hybridized carbons (Fsp3) is 0.318. The number of aliphatic hydroxyl groups is 1. The first kappa shape index (κ1) is 23.1. The van der Waals surface area contributed by atoms with Crippen LogP contribution in [0.5, 0.6) is 0 Å². The summed E-state index contributed by atoms with van der Waals surface area (Å²) >= 11 is 0.577. The summed E-state index contributed by atoms with van der Waals surface area (Å²) in [5.41, 5.74) is 0.692. The van der Waals surface area contributed by atoms with Crippen LogP contribution >= 0.6 is 11.3 Å². The summed E-state index contributed by atoms with van der Waals surface area (Å²) < 4.78 is 53.2. The van der Waals surface area contributed by atoms with Gasteiger partial charge in [0.25, 0.3) is 0 Å². The second-order valence-electron chi connectivity index (χ2n) is 7.69. The lowest BCUT2D eigenvalue weighted by Crippen LogP contribution is -2.41. The maximum absolute atomic E-state index is 13.2. The van der Waals surface area contributed by atoms with Crippen molar-refractivity contribution in [1.29, 1.82) is 0 Å². The van der Waals surface area contributed by atoms with Gasteiger partial charge in [0.15, 0.2) is 0 Å². The van der Waals surface area contributed by atoms with E-state index in [1.807, 2.05) is 0 Å². The fourth-order valence-electron chi connectivity index (χ4n) is 3.79. The fourth-order valence-corrected chi connectivity index (χ4v) is 4.71. The molecule has 0 spiro atoms. The molecule has 3 aromatic rings. The average molecular weight is 480 g/mol. The summed E-state index contributed by atoms with van der Waals surface area (Å²) in [7, 11) is 0. The molecule has 1 N–H and O–H groups in total. The van der Waals surface area contributed by atoms with E-state index in [0.717, 1.165) is 6.07 Å². The Labute approximate surface area is 190 Å². The molecular formula is C22H20F4N4O2S. The number of benzene rings is 1. The van der Waals surface area contributed by atoms with Gasteiger partial charge in [-0.2, -0.15) is 23.1 Å². The van der Waals surface area contributed by atoms with E-state index >= 15 is 0 Å². The minimum Gasteiger partial charge on any atom is -0.387 e. The molecule has 2 atom stereocenters. The van der Waals surface area contributed by atoms with Crippen molar-refractivity contribution in [2.24, 2.45) is 0 Å². The van der Waals surface area contributed by atoms with Crippen LogP contribution in [0.2, 0.25) is 0 Å². The van der Waals surface area contributed by atoms with Gasteiger partial charge < -0.3 is 10.0 Å². The van der Waals surface area contributed by atoms with Gasteiger partial charge in [-0.3, -0.25) is 4.57 Å². The first-order chi connectivity index (χ1) is 15.5. The molecule has 6 nitrogen and oxygen atoms in total. The van der Waals surface area contributed by atoms with Gasteiger partial charge in [0.1, 0.15) is 16.5 Å². The minimum absolute atomic E-state index is 0.122. The molecule has 2 aromatic heterocycles. The van der Waals surface area contributed by atoms with Crippen LogP contribution in [0.4, 0.5) is 23.5 Å². The number of halogens is 4. The Balaban J connectivity index is 1.58. The Kier molecular flexibility index (Phi) is 6.10. The zero-order valence-electron chi connectivity index (χ0n) is 17.7. The lowest BCUT2D eigenvalue weighted by atomic mass is 9.97. The molecule has 33 heavy (non-hydrogen) atoms. The minimum atomic E-state index is -4.45. The van der Waals surface area contributed by atoms with Gasteiger partial charge in [-0.25, -0.2) is 9.18 Å². The zero-order chi connectivity index (χ0) is 23.9. The van der Waals surface area contributed by atoms with Crippen molar-refractivity contribution in [3.05, 3.63) is 79.9 Å². The van der Waals surface area contributed by atoms with Crippen molar-refractivity contribution in [3.8, 4) is 0 Å². The van der Waals surface area contributed by atoms with E-state index in [2.05, 4.69) is 9.97 Å². The molecule has 11 heteroatoms. The highest BCUT2D eigenvalue weighted by Gasteiger charge is 2.33. The lowest BCUT2D eigenvalue weighted by molar-refractivity contribution is -0.134. The highest BCUT2D eigenvalue weighted by atomic mass is 32.1. The van der Waals surface area contributed by atoms with Gasteiger partial charge in [0.2, 0.25) is 5.95 Å². The third kappa shape index (κ3) is 4.69. The van der Waals surface area contributed by atoms with Crippen LogP contribution in [-0.4, -0.2) is 38.8 Å². The molecule has 0 saturated heterocycles. The highest BCUT2D eigenvalue weighted by Crippen LogP contribution is 2.37. The number of aliphatic hydroxyl groups excluding tert-OH is 1. The van der Waals surface area contributed by atoms with Crippen LogP contribution in [0.15, 0.2) is 47.3 Å². The Hall–Kier alpha value is -3.05. The largest absolute Gasteiger partial charge is 0.425 e. The lowest BCUT2D eigenvalue weighted by Gasteiger charge is -2.30. The molecule has 1 aliphatic rings. The summed E-state index contributed by atoms with van der Waals surface area (Å²) in [5.74, 6) is 0.0425. The van der Waals surface area contributed by atoms with Crippen LogP contribution in [0.25, 0.3) is 5.57 Å². The number of thiophene rings is 1. The molecule has 0 aliphatic carbocycles. The second-order valence-corrected chi connectivity index (χ2v) is 8.80. The Morgan fingerprint density at radius 1 is 1.15 bits per heavy atom. The van der Waals surface area contributed by atoms with Gasteiger partial charge in [-0.1, -0.05) is 18.2 Å². The SMILES string of the molecule is Cc1nc(N2CC=C(c3ccc(F)cc3)C(O)C2)nc(=O)n1C(C)c1ccc(C(F)(F)F)s1. The van der Waals surface area contributed by atoms with Crippen LogP contribution in [0.1, 0.15) is 34.1 Å². The predicted octanol–water partition coefficient (Wildman–Crippen LogP) is 4.04.